The van der Waals surface area contributed by atoms with Crippen LogP contribution in [0.4, 0.5) is 0 Å². The van der Waals surface area contributed by atoms with Crippen LogP contribution in [0.15, 0.2) is 47.4 Å². The van der Waals surface area contributed by atoms with Crippen LogP contribution in [-0.2, 0) is 26.2 Å². The minimum atomic E-state index is -3.97. The van der Waals surface area contributed by atoms with Gasteiger partial charge in [0.1, 0.15) is 6.04 Å². The smallest absolute Gasteiger partial charge is 0.243 e. The molecule has 0 aliphatic heterocycles. The number of carbonyl (C=O) groups excluding carboxylic acids is 2. The third kappa shape index (κ3) is 7.09. The number of nitrogens with zero attached hydrogens (tertiary/aromatic N) is 2. The predicted molar refractivity (Wildman–Crippen MR) is 136 cm³/mol. The van der Waals surface area contributed by atoms with Gasteiger partial charge < -0.3 is 10.2 Å². The molecule has 2 aromatic rings. The summed E-state index contributed by atoms with van der Waals surface area (Å²) in [6.07, 6.45) is 0.306. The van der Waals surface area contributed by atoms with Crippen LogP contribution in [0.2, 0.25) is 15.1 Å². The Hall–Kier alpha value is -1.84. The van der Waals surface area contributed by atoms with Gasteiger partial charge >= 0.3 is 0 Å². The number of hydrogen-bond donors (Lipinski definition) is 1. The molecule has 0 radical (unpaired) electrons. The van der Waals surface area contributed by atoms with E-state index in [1.54, 1.807) is 25.1 Å². The Kier molecular flexibility index (Phi) is 10.2. The Balaban J connectivity index is 2.39. The zero-order valence-electron chi connectivity index (χ0n) is 19.4. The van der Waals surface area contributed by atoms with Crippen LogP contribution < -0.4 is 5.32 Å². The van der Waals surface area contributed by atoms with Crippen molar-refractivity contribution in [3.63, 3.8) is 0 Å². The van der Waals surface area contributed by atoms with Gasteiger partial charge in [-0.2, -0.15) is 4.31 Å². The normalized spacial score (nSPS) is 12.6. The van der Waals surface area contributed by atoms with Gasteiger partial charge in [0.2, 0.25) is 21.8 Å². The second kappa shape index (κ2) is 12.2. The molecular weight excluding hydrogens is 521 g/mol. The standard InChI is InChI=1S/C23H28Cl3N3O4S/c1-5-21(23(31)27-15(2)3)29(13-18-19(25)7-6-8-20(18)26)22(30)14-28(4)34(32,33)17-11-9-16(24)10-12-17/h6-12,15,21H,5,13-14H2,1-4H3,(H,27,31)/t21-/m0/s1. The molecule has 2 rings (SSSR count). The van der Waals surface area contributed by atoms with Gasteiger partial charge in [-0.3, -0.25) is 9.59 Å². The van der Waals surface area contributed by atoms with E-state index in [0.717, 1.165) is 4.31 Å². The Bertz CT molecular complexity index is 1100. The molecule has 2 aromatic carbocycles. The molecule has 34 heavy (non-hydrogen) atoms. The molecule has 0 saturated carbocycles. The Labute approximate surface area is 216 Å². The van der Waals surface area contributed by atoms with Crippen LogP contribution in [-0.4, -0.2) is 55.1 Å². The number of benzene rings is 2. The highest BCUT2D eigenvalue weighted by molar-refractivity contribution is 7.89. The van der Waals surface area contributed by atoms with E-state index in [1.165, 1.54) is 36.2 Å². The molecule has 1 N–H and O–H groups in total. The fraction of sp³-hybridized carbons (Fsp3) is 0.391. The number of halogens is 3. The van der Waals surface area contributed by atoms with E-state index in [9.17, 15) is 18.0 Å². The lowest BCUT2D eigenvalue weighted by atomic mass is 10.1. The molecule has 7 nitrogen and oxygen atoms in total. The summed E-state index contributed by atoms with van der Waals surface area (Å²) in [5.74, 6) is -0.918. The monoisotopic (exact) mass is 547 g/mol. The van der Waals surface area contributed by atoms with Gasteiger partial charge in [0.05, 0.1) is 11.4 Å². The molecule has 11 heteroatoms. The van der Waals surface area contributed by atoms with Crippen LogP contribution in [0.25, 0.3) is 0 Å². The quantitative estimate of drug-likeness (QED) is 0.470. The minimum absolute atomic E-state index is 0.00232. The molecule has 0 aromatic heterocycles. The summed E-state index contributed by atoms with van der Waals surface area (Å²) in [5.41, 5.74) is 0.471. The Morgan fingerprint density at radius 2 is 1.56 bits per heavy atom. The van der Waals surface area contributed by atoms with Crippen molar-refractivity contribution in [2.45, 2.75) is 50.7 Å². The van der Waals surface area contributed by atoms with E-state index < -0.39 is 28.5 Å². The van der Waals surface area contributed by atoms with Crippen molar-refractivity contribution >= 4 is 56.6 Å². The number of rotatable bonds is 10. The van der Waals surface area contributed by atoms with Crippen molar-refractivity contribution < 1.29 is 18.0 Å². The molecule has 0 fully saturated rings. The minimum Gasteiger partial charge on any atom is -0.352 e. The molecule has 2 amide bonds. The topological polar surface area (TPSA) is 86.8 Å². The summed E-state index contributed by atoms with van der Waals surface area (Å²) in [6, 6.07) is 9.60. The highest BCUT2D eigenvalue weighted by Gasteiger charge is 2.32. The average molecular weight is 549 g/mol. The summed E-state index contributed by atoms with van der Waals surface area (Å²) in [4.78, 5) is 27.7. The van der Waals surface area contributed by atoms with Crippen LogP contribution in [0.1, 0.15) is 32.8 Å². The molecule has 0 bridgehead atoms. The lowest BCUT2D eigenvalue weighted by Gasteiger charge is -2.32. The third-order valence-corrected chi connectivity index (χ3v) is 7.86. The number of nitrogens with one attached hydrogen (secondary N) is 1. The van der Waals surface area contributed by atoms with Crippen molar-refractivity contribution in [1.29, 1.82) is 0 Å². The van der Waals surface area contributed by atoms with E-state index in [0.29, 0.717) is 27.1 Å². The highest BCUT2D eigenvalue weighted by Crippen LogP contribution is 2.27. The number of likely N-dealkylation sites (N-methyl/N-ethyl adjacent to an activating group) is 1. The van der Waals surface area contributed by atoms with Crippen LogP contribution in [0.5, 0.6) is 0 Å². The molecule has 0 aliphatic carbocycles. The molecule has 0 unspecified atom stereocenters. The number of hydrogen-bond acceptors (Lipinski definition) is 4. The van der Waals surface area contributed by atoms with Gasteiger partial charge in [0, 0.05) is 40.3 Å². The van der Waals surface area contributed by atoms with Gasteiger partial charge in [-0.15, -0.1) is 0 Å². The van der Waals surface area contributed by atoms with Crippen LogP contribution >= 0.6 is 34.8 Å². The van der Waals surface area contributed by atoms with Gasteiger partial charge in [-0.25, -0.2) is 8.42 Å². The number of sulfonamides is 1. The van der Waals surface area contributed by atoms with E-state index in [1.807, 2.05) is 13.8 Å². The largest absolute Gasteiger partial charge is 0.352 e. The van der Waals surface area contributed by atoms with Gasteiger partial charge in [-0.1, -0.05) is 47.8 Å². The van der Waals surface area contributed by atoms with Crippen LogP contribution in [0.3, 0.4) is 0 Å². The maximum absolute atomic E-state index is 13.4. The first kappa shape index (κ1) is 28.4. The summed E-state index contributed by atoms with van der Waals surface area (Å²) < 4.78 is 26.9. The molecule has 1 atom stereocenters. The number of carbonyl (C=O) groups is 2. The number of amides is 2. The van der Waals surface area contributed by atoms with Gasteiger partial charge in [0.25, 0.3) is 0 Å². The maximum atomic E-state index is 13.4. The zero-order valence-corrected chi connectivity index (χ0v) is 22.5. The fourth-order valence-electron chi connectivity index (χ4n) is 3.31. The first-order valence-electron chi connectivity index (χ1n) is 10.6. The molecule has 186 valence electrons. The fourth-order valence-corrected chi connectivity index (χ4v) is 5.07. The predicted octanol–water partition coefficient (Wildman–Crippen LogP) is 4.60. The Morgan fingerprint density at radius 3 is 2.06 bits per heavy atom. The summed E-state index contributed by atoms with van der Waals surface area (Å²) in [7, 11) is -2.67. The van der Waals surface area contributed by atoms with Crippen molar-refractivity contribution in [2.24, 2.45) is 0 Å². The van der Waals surface area contributed by atoms with Crippen molar-refractivity contribution in [2.75, 3.05) is 13.6 Å². The van der Waals surface area contributed by atoms with Gasteiger partial charge in [-0.05, 0) is 56.7 Å². The third-order valence-electron chi connectivity index (χ3n) is 5.09. The summed E-state index contributed by atoms with van der Waals surface area (Å²) >= 11 is 18.5. The molecule has 0 heterocycles. The van der Waals surface area contributed by atoms with E-state index >= 15 is 0 Å². The molecule has 0 aliphatic rings. The second-order valence-corrected chi connectivity index (χ2v) is 11.3. The van der Waals surface area contributed by atoms with Crippen molar-refractivity contribution in [3.05, 3.63) is 63.1 Å². The SMILES string of the molecule is CC[C@@H](C(=O)NC(C)C)N(Cc1c(Cl)cccc1Cl)C(=O)CN(C)S(=O)(=O)c1ccc(Cl)cc1. The first-order valence-corrected chi connectivity index (χ1v) is 13.2. The molecule has 0 spiro atoms. The summed E-state index contributed by atoms with van der Waals surface area (Å²) in [5, 5.41) is 3.89. The molecular formula is C23H28Cl3N3O4S. The van der Waals surface area contributed by atoms with E-state index in [-0.39, 0.29) is 23.4 Å². The first-order chi connectivity index (χ1) is 15.9. The second-order valence-electron chi connectivity index (χ2n) is 8.02. The van der Waals surface area contributed by atoms with E-state index in [2.05, 4.69) is 5.32 Å². The summed E-state index contributed by atoms with van der Waals surface area (Å²) in [6.45, 7) is 4.85. The average Bonchev–Trinajstić information content (AvgIpc) is 2.75. The van der Waals surface area contributed by atoms with Crippen molar-refractivity contribution in [1.82, 2.24) is 14.5 Å². The van der Waals surface area contributed by atoms with Crippen molar-refractivity contribution in [3.8, 4) is 0 Å². The lowest BCUT2D eigenvalue weighted by molar-refractivity contribution is -0.141. The van der Waals surface area contributed by atoms with E-state index in [4.69, 9.17) is 34.8 Å². The Morgan fingerprint density at radius 1 is 1.00 bits per heavy atom. The zero-order chi connectivity index (χ0) is 25.6. The van der Waals surface area contributed by atoms with Gasteiger partial charge in [0.15, 0.2) is 0 Å². The van der Waals surface area contributed by atoms with Crippen LogP contribution in [0, 0.1) is 0 Å². The lowest BCUT2D eigenvalue weighted by Crippen LogP contribution is -2.52. The highest BCUT2D eigenvalue weighted by atomic mass is 35.5. The molecule has 0 saturated heterocycles. The maximum Gasteiger partial charge on any atom is 0.243 e.